The highest BCUT2D eigenvalue weighted by Gasteiger charge is 2.26. The molecule has 41 heavy (non-hydrogen) atoms. The number of fused-ring (bicyclic) bond motifs is 1. The van der Waals surface area contributed by atoms with Gasteiger partial charge in [0.05, 0.1) is 12.3 Å². The molecule has 1 atom stereocenters. The van der Waals surface area contributed by atoms with Gasteiger partial charge in [-0.3, -0.25) is 0 Å². The Labute approximate surface area is 245 Å². The molecule has 228 valence electrons. The zero-order valence-electron chi connectivity index (χ0n) is 25.1. The number of benzene rings is 1. The van der Waals surface area contributed by atoms with Crippen LogP contribution in [0.4, 0.5) is 13.2 Å². The van der Waals surface area contributed by atoms with Crippen LogP contribution in [0.3, 0.4) is 0 Å². The van der Waals surface area contributed by atoms with Gasteiger partial charge in [-0.2, -0.15) is 4.39 Å². The predicted octanol–water partition coefficient (Wildman–Crippen LogP) is 10.2. The fourth-order valence-electron chi connectivity index (χ4n) is 6.08. The lowest BCUT2D eigenvalue weighted by atomic mass is 9.80. The van der Waals surface area contributed by atoms with Crippen LogP contribution in [0.5, 0.6) is 5.75 Å². The number of pyridine rings is 1. The second kappa shape index (κ2) is 17.1. The number of aryl methyl sites for hydroxylation is 1. The summed E-state index contributed by atoms with van der Waals surface area (Å²) >= 11 is 0. The maximum Gasteiger partial charge on any atom is 0.255 e. The van der Waals surface area contributed by atoms with Crippen molar-refractivity contribution >= 4 is 0 Å². The number of rotatable bonds is 20. The Hall–Kier alpha value is -2.08. The summed E-state index contributed by atoms with van der Waals surface area (Å²) in [6.07, 6.45) is 20.8. The standard InChI is InChI=1S/C35H50F3NO2/c1-2-3-11-21-40-22-12-23-41-32-20-19-31(39-35(32)38)30-25-28-18-17-27(24-29(28)33(36)34(30)37)14-10-8-6-4-5-7-9-13-26-15-16-26/h19-20,25-27H,2-18,21-24H2,1H3. The lowest BCUT2D eigenvalue weighted by molar-refractivity contribution is 0.115. The van der Waals surface area contributed by atoms with Crippen molar-refractivity contribution in [1.82, 2.24) is 4.98 Å². The highest BCUT2D eigenvalue weighted by atomic mass is 19.2. The molecule has 2 aromatic rings. The number of hydrogen-bond acceptors (Lipinski definition) is 3. The fourth-order valence-corrected chi connectivity index (χ4v) is 6.08. The SMILES string of the molecule is CCCCCOCCCOc1ccc(-c2cc3c(c(F)c2F)CC(CCCCCCCCCC2CC2)CC3)nc1F. The van der Waals surface area contributed by atoms with Gasteiger partial charge in [-0.05, 0) is 66.8 Å². The van der Waals surface area contributed by atoms with Crippen molar-refractivity contribution < 1.29 is 22.6 Å². The van der Waals surface area contributed by atoms with Gasteiger partial charge in [0.1, 0.15) is 0 Å². The second-order valence-electron chi connectivity index (χ2n) is 12.3. The minimum atomic E-state index is -0.938. The van der Waals surface area contributed by atoms with Crippen molar-refractivity contribution in [3.63, 3.8) is 0 Å². The molecule has 1 aromatic carbocycles. The highest BCUT2D eigenvalue weighted by molar-refractivity contribution is 5.63. The minimum absolute atomic E-state index is 0.00925. The first kappa shape index (κ1) is 31.8. The van der Waals surface area contributed by atoms with Crippen molar-refractivity contribution in [1.29, 1.82) is 0 Å². The smallest absolute Gasteiger partial charge is 0.255 e. The van der Waals surface area contributed by atoms with Gasteiger partial charge in [0, 0.05) is 25.2 Å². The molecule has 0 N–H and O–H groups in total. The summed E-state index contributed by atoms with van der Waals surface area (Å²) in [6, 6.07) is 4.62. The number of halogens is 3. The molecule has 3 nitrogen and oxygen atoms in total. The molecule has 4 rings (SSSR count). The van der Waals surface area contributed by atoms with E-state index in [2.05, 4.69) is 11.9 Å². The molecule has 1 fully saturated rings. The molecular formula is C35H50F3NO2. The normalized spacial score (nSPS) is 16.6. The Balaban J connectivity index is 1.21. The zero-order valence-corrected chi connectivity index (χ0v) is 25.1. The Morgan fingerprint density at radius 1 is 0.756 bits per heavy atom. The number of ether oxygens (including phenoxy) is 2. The maximum absolute atomic E-state index is 15.2. The summed E-state index contributed by atoms with van der Waals surface area (Å²) in [5.74, 6) is -1.10. The number of unbranched alkanes of at least 4 members (excludes halogenated alkanes) is 8. The van der Waals surface area contributed by atoms with E-state index >= 15 is 8.78 Å². The highest BCUT2D eigenvalue weighted by Crippen LogP contribution is 2.36. The summed E-state index contributed by atoms with van der Waals surface area (Å²) in [5, 5.41) is 0. The van der Waals surface area contributed by atoms with Crippen molar-refractivity contribution in [2.75, 3.05) is 19.8 Å². The first-order valence-electron chi connectivity index (χ1n) is 16.4. The van der Waals surface area contributed by atoms with E-state index in [0.717, 1.165) is 63.0 Å². The van der Waals surface area contributed by atoms with Crippen LogP contribution in [0, 0.1) is 29.4 Å². The quantitative estimate of drug-likeness (QED) is 0.117. The zero-order chi connectivity index (χ0) is 28.9. The summed E-state index contributed by atoms with van der Waals surface area (Å²) in [6.45, 7) is 3.73. The average molecular weight is 574 g/mol. The van der Waals surface area contributed by atoms with Crippen LogP contribution < -0.4 is 4.74 Å². The molecule has 2 aliphatic rings. The Morgan fingerprint density at radius 3 is 2.17 bits per heavy atom. The van der Waals surface area contributed by atoms with Crippen LogP contribution in [0.1, 0.15) is 121 Å². The van der Waals surface area contributed by atoms with Crippen molar-refractivity contribution in [2.24, 2.45) is 11.8 Å². The molecule has 0 aliphatic heterocycles. The predicted molar refractivity (Wildman–Crippen MR) is 160 cm³/mol. The molecule has 0 spiro atoms. The topological polar surface area (TPSA) is 31.4 Å². The molecule has 0 saturated heterocycles. The van der Waals surface area contributed by atoms with E-state index in [1.54, 1.807) is 6.07 Å². The van der Waals surface area contributed by atoms with E-state index in [9.17, 15) is 4.39 Å². The van der Waals surface area contributed by atoms with E-state index in [1.165, 1.54) is 69.9 Å². The van der Waals surface area contributed by atoms with Gasteiger partial charge in [0.15, 0.2) is 17.4 Å². The van der Waals surface area contributed by atoms with Gasteiger partial charge in [0.2, 0.25) is 0 Å². The summed E-state index contributed by atoms with van der Waals surface area (Å²) in [7, 11) is 0. The summed E-state index contributed by atoms with van der Waals surface area (Å²) in [5.41, 5.74) is 1.42. The monoisotopic (exact) mass is 573 g/mol. The summed E-state index contributed by atoms with van der Waals surface area (Å²) < 4.78 is 56.1. The van der Waals surface area contributed by atoms with E-state index in [1.807, 2.05) is 0 Å². The fraction of sp³-hybridized carbons (Fsp3) is 0.686. The van der Waals surface area contributed by atoms with E-state index < -0.39 is 17.6 Å². The lowest BCUT2D eigenvalue weighted by Crippen LogP contribution is -2.17. The van der Waals surface area contributed by atoms with Crippen LogP contribution >= 0.6 is 0 Å². The molecule has 2 aliphatic carbocycles. The van der Waals surface area contributed by atoms with Crippen molar-refractivity contribution in [3.05, 3.63) is 46.9 Å². The van der Waals surface area contributed by atoms with E-state index in [4.69, 9.17) is 9.47 Å². The maximum atomic E-state index is 15.2. The molecule has 1 saturated carbocycles. The van der Waals surface area contributed by atoms with Crippen molar-refractivity contribution in [2.45, 2.75) is 122 Å². The van der Waals surface area contributed by atoms with Crippen LogP contribution in [0.15, 0.2) is 18.2 Å². The second-order valence-corrected chi connectivity index (χ2v) is 12.3. The molecule has 0 radical (unpaired) electrons. The molecular weight excluding hydrogens is 523 g/mol. The third-order valence-corrected chi connectivity index (χ3v) is 8.81. The van der Waals surface area contributed by atoms with E-state index in [0.29, 0.717) is 37.5 Å². The largest absolute Gasteiger partial charge is 0.489 e. The Morgan fingerprint density at radius 2 is 1.46 bits per heavy atom. The Bertz CT molecular complexity index is 1070. The lowest BCUT2D eigenvalue weighted by Gasteiger charge is -2.26. The first-order valence-corrected chi connectivity index (χ1v) is 16.4. The molecule has 1 aromatic heterocycles. The first-order chi connectivity index (χ1) is 20.1. The van der Waals surface area contributed by atoms with Crippen LogP contribution in [0.2, 0.25) is 0 Å². The van der Waals surface area contributed by atoms with Gasteiger partial charge in [-0.1, -0.05) is 90.4 Å². The van der Waals surface area contributed by atoms with Gasteiger partial charge in [0.25, 0.3) is 5.95 Å². The van der Waals surface area contributed by atoms with E-state index in [-0.39, 0.29) is 17.0 Å². The number of nitrogens with zero attached hydrogens (tertiary/aromatic N) is 1. The van der Waals surface area contributed by atoms with Gasteiger partial charge in [-0.15, -0.1) is 0 Å². The third-order valence-electron chi connectivity index (χ3n) is 8.81. The molecule has 6 heteroatoms. The summed E-state index contributed by atoms with van der Waals surface area (Å²) in [4.78, 5) is 3.92. The molecule has 0 bridgehead atoms. The van der Waals surface area contributed by atoms with Crippen LogP contribution in [0.25, 0.3) is 11.3 Å². The van der Waals surface area contributed by atoms with Gasteiger partial charge < -0.3 is 9.47 Å². The van der Waals surface area contributed by atoms with Crippen molar-refractivity contribution in [3.8, 4) is 17.0 Å². The van der Waals surface area contributed by atoms with Crippen LogP contribution in [-0.2, 0) is 17.6 Å². The number of hydrogen-bond donors (Lipinski definition) is 0. The molecule has 0 amide bonds. The van der Waals surface area contributed by atoms with Crippen LogP contribution in [-0.4, -0.2) is 24.8 Å². The number of aromatic nitrogens is 1. The molecule has 1 heterocycles. The van der Waals surface area contributed by atoms with Gasteiger partial charge >= 0.3 is 0 Å². The minimum Gasteiger partial charge on any atom is -0.489 e. The van der Waals surface area contributed by atoms with Gasteiger partial charge in [-0.25, -0.2) is 13.8 Å². The molecule has 1 unspecified atom stereocenters. The Kier molecular flexibility index (Phi) is 13.3. The average Bonchev–Trinajstić information content (AvgIpc) is 3.81. The third kappa shape index (κ3) is 10.3.